The first kappa shape index (κ1) is 20.7. The molecule has 0 N–H and O–H groups in total. The van der Waals surface area contributed by atoms with Crippen molar-refractivity contribution in [2.45, 2.75) is 31.1 Å². The van der Waals surface area contributed by atoms with Gasteiger partial charge in [-0.2, -0.15) is 0 Å². The second-order valence-corrected chi connectivity index (χ2v) is 8.72. The standard InChI is InChI=1S/C28H29N3O/c1-22-29-30-27(32-22)28(25-13-7-3-8-14-25,26-15-9-4-10-16-26)21-31-19-17-24(18-20-31)23-11-5-2-6-12-23/h2-16,24H,17-21H2,1H3. The Morgan fingerprint density at radius 3 is 1.81 bits per heavy atom. The van der Waals surface area contributed by atoms with E-state index in [4.69, 9.17) is 4.42 Å². The lowest BCUT2D eigenvalue weighted by Crippen LogP contribution is -2.46. The molecule has 1 saturated heterocycles. The lowest BCUT2D eigenvalue weighted by molar-refractivity contribution is 0.179. The van der Waals surface area contributed by atoms with Crippen molar-refractivity contribution in [3.05, 3.63) is 119 Å². The maximum Gasteiger partial charge on any atom is 0.232 e. The fourth-order valence-electron chi connectivity index (χ4n) is 5.06. The number of hydrogen-bond acceptors (Lipinski definition) is 4. The Morgan fingerprint density at radius 1 is 0.781 bits per heavy atom. The molecule has 1 aliphatic rings. The molecule has 4 heteroatoms. The molecule has 1 aromatic heterocycles. The van der Waals surface area contributed by atoms with Crippen LogP contribution in [0.5, 0.6) is 0 Å². The molecule has 0 amide bonds. The quantitative estimate of drug-likeness (QED) is 0.405. The van der Waals surface area contributed by atoms with Gasteiger partial charge in [0.2, 0.25) is 11.8 Å². The van der Waals surface area contributed by atoms with E-state index in [-0.39, 0.29) is 0 Å². The molecule has 1 aliphatic heterocycles. The molecule has 0 spiro atoms. The van der Waals surface area contributed by atoms with Crippen LogP contribution in [0.25, 0.3) is 0 Å². The van der Waals surface area contributed by atoms with Gasteiger partial charge >= 0.3 is 0 Å². The molecule has 4 aromatic rings. The van der Waals surface area contributed by atoms with Crippen LogP contribution in [0, 0.1) is 6.92 Å². The summed E-state index contributed by atoms with van der Waals surface area (Å²) in [7, 11) is 0. The van der Waals surface area contributed by atoms with E-state index in [2.05, 4.69) is 106 Å². The summed E-state index contributed by atoms with van der Waals surface area (Å²) in [6.07, 6.45) is 2.32. The van der Waals surface area contributed by atoms with E-state index < -0.39 is 5.41 Å². The Labute approximate surface area is 189 Å². The topological polar surface area (TPSA) is 42.2 Å². The van der Waals surface area contributed by atoms with Crippen LogP contribution in [0.15, 0.2) is 95.4 Å². The minimum absolute atomic E-state index is 0.511. The average Bonchev–Trinajstić information content (AvgIpc) is 3.31. The van der Waals surface area contributed by atoms with Gasteiger partial charge in [-0.1, -0.05) is 91.0 Å². The monoisotopic (exact) mass is 423 g/mol. The number of likely N-dealkylation sites (tertiary alicyclic amines) is 1. The van der Waals surface area contributed by atoms with E-state index in [1.165, 1.54) is 16.7 Å². The first-order valence-corrected chi connectivity index (χ1v) is 11.4. The summed E-state index contributed by atoms with van der Waals surface area (Å²) in [5.74, 6) is 1.89. The Bertz CT molecular complexity index is 1080. The molecule has 0 aliphatic carbocycles. The van der Waals surface area contributed by atoms with E-state index in [0.717, 1.165) is 32.5 Å². The van der Waals surface area contributed by atoms with Crippen molar-refractivity contribution in [3.8, 4) is 0 Å². The fraction of sp³-hybridized carbons (Fsp3) is 0.286. The number of aromatic nitrogens is 2. The fourth-order valence-corrected chi connectivity index (χ4v) is 5.06. The smallest absolute Gasteiger partial charge is 0.232 e. The first-order valence-electron chi connectivity index (χ1n) is 11.4. The molecule has 0 atom stereocenters. The summed E-state index contributed by atoms with van der Waals surface area (Å²) in [6.45, 7) is 4.77. The van der Waals surface area contributed by atoms with Crippen LogP contribution in [0.3, 0.4) is 0 Å². The second kappa shape index (κ2) is 9.09. The van der Waals surface area contributed by atoms with Crippen LogP contribution in [0.1, 0.15) is 47.2 Å². The highest BCUT2D eigenvalue weighted by molar-refractivity contribution is 5.46. The summed E-state index contributed by atoms with van der Waals surface area (Å²) in [5, 5.41) is 8.77. The molecule has 4 nitrogen and oxygen atoms in total. The Morgan fingerprint density at radius 2 is 1.31 bits per heavy atom. The molecule has 0 radical (unpaired) electrons. The average molecular weight is 424 g/mol. The van der Waals surface area contributed by atoms with Crippen molar-refractivity contribution in [2.75, 3.05) is 19.6 Å². The lowest BCUT2D eigenvalue weighted by Gasteiger charge is -2.40. The van der Waals surface area contributed by atoms with E-state index >= 15 is 0 Å². The number of piperidine rings is 1. The molecular weight excluding hydrogens is 394 g/mol. The number of aryl methyl sites for hydroxylation is 1. The number of nitrogens with zero attached hydrogens (tertiary/aromatic N) is 3. The molecule has 0 unspecified atom stereocenters. The third-order valence-corrected chi connectivity index (χ3v) is 6.74. The van der Waals surface area contributed by atoms with Gasteiger partial charge in [0.05, 0.1) is 0 Å². The molecular formula is C28H29N3O. The SMILES string of the molecule is Cc1nnc(C(CN2CCC(c3ccccc3)CC2)(c2ccccc2)c2ccccc2)o1. The molecule has 5 rings (SSSR count). The highest BCUT2D eigenvalue weighted by atomic mass is 16.4. The second-order valence-electron chi connectivity index (χ2n) is 8.72. The highest BCUT2D eigenvalue weighted by Crippen LogP contribution is 2.40. The zero-order chi connectivity index (χ0) is 21.8. The summed E-state index contributed by atoms with van der Waals surface area (Å²) >= 11 is 0. The minimum atomic E-state index is -0.511. The first-order chi connectivity index (χ1) is 15.8. The molecule has 0 bridgehead atoms. The highest BCUT2D eigenvalue weighted by Gasteiger charge is 2.43. The van der Waals surface area contributed by atoms with Crippen LogP contribution < -0.4 is 0 Å². The largest absolute Gasteiger partial charge is 0.424 e. The normalized spacial score (nSPS) is 15.7. The zero-order valence-electron chi connectivity index (χ0n) is 18.5. The molecule has 1 fully saturated rings. The van der Waals surface area contributed by atoms with Gasteiger partial charge in [0, 0.05) is 13.5 Å². The summed E-state index contributed by atoms with van der Waals surface area (Å²) in [6, 6.07) is 32.2. The van der Waals surface area contributed by atoms with Gasteiger partial charge in [-0.3, -0.25) is 0 Å². The van der Waals surface area contributed by atoms with E-state index in [1.807, 2.05) is 6.92 Å². The third kappa shape index (κ3) is 3.98. The summed E-state index contributed by atoms with van der Waals surface area (Å²) in [5.41, 5.74) is 3.31. The molecule has 3 aromatic carbocycles. The zero-order valence-corrected chi connectivity index (χ0v) is 18.5. The number of benzene rings is 3. The van der Waals surface area contributed by atoms with Crippen LogP contribution >= 0.6 is 0 Å². The Balaban J connectivity index is 1.51. The Hall–Kier alpha value is -3.24. The Kier molecular flexibility index (Phi) is 5.87. The van der Waals surface area contributed by atoms with Crippen molar-refractivity contribution >= 4 is 0 Å². The van der Waals surface area contributed by atoms with Crippen LogP contribution in [-0.4, -0.2) is 34.7 Å². The summed E-state index contributed by atoms with van der Waals surface area (Å²) in [4.78, 5) is 2.57. The van der Waals surface area contributed by atoms with Crippen molar-refractivity contribution < 1.29 is 4.42 Å². The van der Waals surface area contributed by atoms with Crippen LogP contribution in [0.2, 0.25) is 0 Å². The van der Waals surface area contributed by atoms with Gasteiger partial charge in [-0.25, -0.2) is 0 Å². The molecule has 162 valence electrons. The van der Waals surface area contributed by atoms with Crippen molar-refractivity contribution in [3.63, 3.8) is 0 Å². The van der Waals surface area contributed by atoms with Crippen LogP contribution in [0.4, 0.5) is 0 Å². The predicted molar refractivity (Wildman–Crippen MR) is 127 cm³/mol. The van der Waals surface area contributed by atoms with Gasteiger partial charge in [0.1, 0.15) is 5.41 Å². The minimum Gasteiger partial charge on any atom is -0.424 e. The lowest BCUT2D eigenvalue weighted by atomic mass is 9.73. The van der Waals surface area contributed by atoms with Crippen molar-refractivity contribution in [2.24, 2.45) is 0 Å². The number of hydrogen-bond donors (Lipinski definition) is 0. The maximum absolute atomic E-state index is 6.14. The van der Waals surface area contributed by atoms with Crippen molar-refractivity contribution in [1.29, 1.82) is 0 Å². The predicted octanol–water partition coefficient (Wildman–Crippen LogP) is 5.59. The third-order valence-electron chi connectivity index (χ3n) is 6.74. The maximum atomic E-state index is 6.14. The van der Waals surface area contributed by atoms with E-state index in [0.29, 0.717) is 17.7 Å². The van der Waals surface area contributed by atoms with Crippen LogP contribution in [-0.2, 0) is 5.41 Å². The van der Waals surface area contributed by atoms with E-state index in [9.17, 15) is 0 Å². The van der Waals surface area contributed by atoms with Crippen molar-refractivity contribution in [1.82, 2.24) is 15.1 Å². The molecule has 0 saturated carbocycles. The van der Waals surface area contributed by atoms with Gasteiger partial charge in [0.25, 0.3) is 0 Å². The van der Waals surface area contributed by atoms with Gasteiger partial charge in [-0.15, -0.1) is 10.2 Å². The van der Waals surface area contributed by atoms with E-state index in [1.54, 1.807) is 0 Å². The molecule has 32 heavy (non-hydrogen) atoms. The van der Waals surface area contributed by atoms with Gasteiger partial charge in [0.15, 0.2) is 0 Å². The molecule has 2 heterocycles. The van der Waals surface area contributed by atoms with Gasteiger partial charge < -0.3 is 9.32 Å². The van der Waals surface area contributed by atoms with Gasteiger partial charge in [-0.05, 0) is 48.5 Å². The summed E-state index contributed by atoms with van der Waals surface area (Å²) < 4.78 is 6.14. The number of rotatable bonds is 6.